The van der Waals surface area contributed by atoms with E-state index in [9.17, 15) is 4.79 Å². The maximum Gasteiger partial charge on any atom is 0.259 e. The molecule has 3 aromatic rings. The van der Waals surface area contributed by atoms with Crippen LogP contribution in [0.1, 0.15) is 52.6 Å². The minimum atomic E-state index is -0.142. The van der Waals surface area contributed by atoms with E-state index < -0.39 is 0 Å². The van der Waals surface area contributed by atoms with E-state index in [0.29, 0.717) is 28.9 Å². The van der Waals surface area contributed by atoms with Crippen LogP contribution < -0.4 is 5.32 Å². The lowest BCUT2D eigenvalue weighted by atomic mass is 10.0. The summed E-state index contributed by atoms with van der Waals surface area (Å²) in [4.78, 5) is 17.2. The first-order valence-electron chi connectivity index (χ1n) is 8.06. The number of carbonyl (C=O) groups is 1. The molecule has 0 radical (unpaired) electrons. The highest BCUT2D eigenvalue weighted by Crippen LogP contribution is 2.25. The second kappa shape index (κ2) is 6.43. The van der Waals surface area contributed by atoms with Gasteiger partial charge < -0.3 is 9.84 Å². The number of hydrogen-bond acceptors (Lipinski definition) is 4. The Morgan fingerprint density at radius 1 is 1.25 bits per heavy atom. The number of fused-ring (bicyclic) bond motifs is 1. The van der Waals surface area contributed by atoms with Crippen molar-refractivity contribution >= 4 is 17.0 Å². The fraction of sp³-hybridized carbons (Fsp3) is 0.316. The highest BCUT2D eigenvalue weighted by molar-refractivity contribution is 6.06. The molecule has 0 bridgehead atoms. The van der Waals surface area contributed by atoms with Gasteiger partial charge in [0.15, 0.2) is 0 Å². The average Bonchev–Trinajstić information content (AvgIpc) is 2.93. The maximum absolute atomic E-state index is 12.7. The predicted octanol–water partition coefficient (Wildman–Crippen LogP) is 3.89. The summed E-state index contributed by atoms with van der Waals surface area (Å²) in [7, 11) is 0. The summed E-state index contributed by atoms with van der Waals surface area (Å²) in [6.45, 7) is 8.40. The van der Waals surface area contributed by atoms with Gasteiger partial charge >= 0.3 is 0 Å². The van der Waals surface area contributed by atoms with Crippen LogP contribution in [0.25, 0.3) is 11.1 Å². The van der Waals surface area contributed by atoms with Gasteiger partial charge in [-0.3, -0.25) is 4.79 Å². The van der Waals surface area contributed by atoms with E-state index in [2.05, 4.69) is 21.5 Å². The first kappa shape index (κ1) is 16.2. The Kier molecular flexibility index (Phi) is 4.34. The average molecular weight is 323 g/mol. The van der Waals surface area contributed by atoms with Crippen molar-refractivity contribution < 1.29 is 9.32 Å². The van der Waals surface area contributed by atoms with Crippen molar-refractivity contribution in [1.82, 2.24) is 15.5 Å². The number of rotatable bonds is 4. The summed E-state index contributed by atoms with van der Waals surface area (Å²) in [5.41, 5.74) is 4.71. The third-order valence-electron chi connectivity index (χ3n) is 4.01. The third kappa shape index (κ3) is 3.15. The van der Waals surface area contributed by atoms with Gasteiger partial charge in [0.1, 0.15) is 0 Å². The Morgan fingerprint density at radius 2 is 2.04 bits per heavy atom. The molecule has 0 unspecified atom stereocenters. The van der Waals surface area contributed by atoms with Crippen LogP contribution in [-0.4, -0.2) is 16.0 Å². The summed E-state index contributed by atoms with van der Waals surface area (Å²) in [5.74, 6) is 0.0558. The molecule has 2 heterocycles. The second-order valence-electron chi connectivity index (χ2n) is 6.37. The molecule has 2 aromatic heterocycles. The smallest absolute Gasteiger partial charge is 0.259 e. The van der Waals surface area contributed by atoms with Gasteiger partial charge in [0, 0.05) is 12.2 Å². The number of amides is 1. The molecule has 0 aliphatic carbocycles. The molecule has 1 amide bonds. The van der Waals surface area contributed by atoms with Crippen molar-refractivity contribution in [3.63, 3.8) is 0 Å². The zero-order valence-electron chi connectivity index (χ0n) is 14.4. The summed E-state index contributed by atoms with van der Waals surface area (Å²) in [6, 6.07) is 9.92. The summed E-state index contributed by atoms with van der Waals surface area (Å²) < 4.78 is 5.27. The van der Waals surface area contributed by atoms with Gasteiger partial charge in [-0.1, -0.05) is 48.8 Å². The van der Waals surface area contributed by atoms with Crippen LogP contribution in [0, 0.1) is 13.8 Å². The lowest BCUT2D eigenvalue weighted by molar-refractivity contribution is 0.0952. The van der Waals surface area contributed by atoms with Crippen molar-refractivity contribution in [3.05, 3.63) is 58.4 Å². The Bertz CT molecular complexity index is 897. The van der Waals surface area contributed by atoms with Crippen LogP contribution in [0.4, 0.5) is 0 Å². The number of nitrogens with zero attached hydrogens (tertiary/aromatic N) is 2. The minimum absolute atomic E-state index is 0.142. The fourth-order valence-corrected chi connectivity index (χ4v) is 2.69. The lowest BCUT2D eigenvalue weighted by Gasteiger charge is -2.10. The van der Waals surface area contributed by atoms with E-state index in [1.165, 1.54) is 5.56 Å². The van der Waals surface area contributed by atoms with Crippen molar-refractivity contribution in [3.8, 4) is 0 Å². The Hall–Kier alpha value is -2.69. The standard InChI is InChI=1S/C19H21N3O2/c1-11(2)16-9-15(17-13(4)22-24-19(17)21-16)18(23)20-10-14-7-5-6-12(3)8-14/h5-9,11H,10H2,1-4H3,(H,20,23). The van der Waals surface area contributed by atoms with Gasteiger partial charge in [-0.2, -0.15) is 0 Å². The molecule has 24 heavy (non-hydrogen) atoms. The van der Waals surface area contributed by atoms with Gasteiger partial charge in [0.05, 0.1) is 16.6 Å². The summed E-state index contributed by atoms with van der Waals surface area (Å²) >= 11 is 0. The van der Waals surface area contributed by atoms with E-state index in [-0.39, 0.29) is 11.8 Å². The largest absolute Gasteiger partial charge is 0.348 e. The summed E-state index contributed by atoms with van der Waals surface area (Å²) in [5, 5.41) is 7.61. The van der Waals surface area contributed by atoms with Crippen molar-refractivity contribution in [2.45, 2.75) is 40.2 Å². The molecule has 124 valence electrons. The molecular formula is C19H21N3O2. The quantitative estimate of drug-likeness (QED) is 0.791. The van der Waals surface area contributed by atoms with Crippen LogP contribution in [-0.2, 0) is 6.54 Å². The normalized spacial score (nSPS) is 11.2. The topological polar surface area (TPSA) is 68.0 Å². The molecule has 0 saturated heterocycles. The lowest BCUT2D eigenvalue weighted by Crippen LogP contribution is -2.23. The van der Waals surface area contributed by atoms with Gasteiger partial charge in [-0.15, -0.1) is 0 Å². The molecule has 5 nitrogen and oxygen atoms in total. The minimum Gasteiger partial charge on any atom is -0.348 e. The van der Waals surface area contributed by atoms with Gasteiger partial charge in [0.2, 0.25) is 0 Å². The molecule has 0 aliphatic heterocycles. The SMILES string of the molecule is Cc1cccc(CNC(=O)c2cc(C(C)C)nc3onc(C)c23)c1. The van der Waals surface area contributed by atoms with E-state index >= 15 is 0 Å². The molecular weight excluding hydrogens is 302 g/mol. The number of aromatic nitrogens is 2. The van der Waals surface area contributed by atoms with Crippen LogP contribution >= 0.6 is 0 Å². The molecule has 5 heteroatoms. The number of carbonyl (C=O) groups excluding carboxylic acids is 1. The van der Waals surface area contributed by atoms with Crippen LogP contribution in [0.5, 0.6) is 0 Å². The predicted molar refractivity (Wildman–Crippen MR) is 93.0 cm³/mol. The molecule has 0 saturated carbocycles. The van der Waals surface area contributed by atoms with Crippen molar-refractivity contribution in [1.29, 1.82) is 0 Å². The van der Waals surface area contributed by atoms with E-state index in [1.54, 1.807) is 0 Å². The molecule has 0 atom stereocenters. The third-order valence-corrected chi connectivity index (χ3v) is 4.01. The first-order chi connectivity index (χ1) is 11.5. The maximum atomic E-state index is 12.7. The van der Waals surface area contributed by atoms with E-state index in [1.807, 2.05) is 52.0 Å². The molecule has 3 rings (SSSR count). The Labute approximate surface area is 141 Å². The van der Waals surface area contributed by atoms with Crippen LogP contribution in [0.15, 0.2) is 34.9 Å². The van der Waals surface area contributed by atoms with Gasteiger partial charge in [-0.05, 0) is 31.4 Å². The highest BCUT2D eigenvalue weighted by Gasteiger charge is 2.19. The molecule has 0 aliphatic rings. The zero-order valence-corrected chi connectivity index (χ0v) is 14.4. The molecule has 1 N–H and O–H groups in total. The number of benzene rings is 1. The number of aryl methyl sites for hydroxylation is 2. The Balaban J connectivity index is 1.92. The molecule has 1 aromatic carbocycles. The monoisotopic (exact) mass is 323 g/mol. The number of hydrogen-bond donors (Lipinski definition) is 1. The van der Waals surface area contributed by atoms with Crippen LogP contribution in [0.3, 0.4) is 0 Å². The Morgan fingerprint density at radius 3 is 2.75 bits per heavy atom. The van der Waals surface area contributed by atoms with Crippen molar-refractivity contribution in [2.75, 3.05) is 0 Å². The number of nitrogens with one attached hydrogen (secondary N) is 1. The van der Waals surface area contributed by atoms with Crippen molar-refractivity contribution in [2.24, 2.45) is 0 Å². The summed E-state index contributed by atoms with van der Waals surface area (Å²) in [6.07, 6.45) is 0. The number of pyridine rings is 1. The highest BCUT2D eigenvalue weighted by atomic mass is 16.5. The first-order valence-corrected chi connectivity index (χ1v) is 8.06. The molecule has 0 spiro atoms. The van der Waals surface area contributed by atoms with Gasteiger partial charge in [0.25, 0.3) is 11.6 Å². The second-order valence-corrected chi connectivity index (χ2v) is 6.37. The van der Waals surface area contributed by atoms with Crippen LogP contribution in [0.2, 0.25) is 0 Å². The van der Waals surface area contributed by atoms with Gasteiger partial charge in [-0.25, -0.2) is 4.98 Å². The zero-order chi connectivity index (χ0) is 17.3. The van der Waals surface area contributed by atoms with E-state index in [4.69, 9.17) is 4.52 Å². The molecule has 0 fully saturated rings. The van der Waals surface area contributed by atoms with E-state index in [0.717, 1.165) is 11.3 Å². The fourth-order valence-electron chi connectivity index (χ4n) is 2.69.